The van der Waals surface area contributed by atoms with Crippen molar-refractivity contribution in [2.75, 3.05) is 0 Å². The van der Waals surface area contributed by atoms with Gasteiger partial charge < -0.3 is 9.53 Å². The molecule has 0 aliphatic heterocycles. The van der Waals surface area contributed by atoms with Gasteiger partial charge in [-0.25, -0.2) is 4.79 Å². The Morgan fingerprint density at radius 1 is 1.25 bits per heavy atom. The highest BCUT2D eigenvalue weighted by atomic mass is 32.1. The molecule has 1 heterocycles. The number of thiophene rings is 1. The Labute approximate surface area is 124 Å². The molecule has 0 saturated carbocycles. The standard InChI is InChI=1S/C15H20O3SSi/c1-15(2,3)20(4,5)18-11-7-6-10-8-13(14(16)17)19-12(10)9-11/h6-9H,1-5H3,(H,16,17). The lowest BCUT2D eigenvalue weighted by Gasteiger charge is -2.36. The number of hydrogen-bond donors (Lipinski definition) is 1. The van der Waals surface area contributed by atoms with Gasteiger partial charge in [-0.15, -0.1) is 11.3 Å². The van der Waals surface area contributed by atoms with E-state index in [-0.39, 0.29) is 5.04 Å². The van der Waals surface area contributed by atoms with Gasteiger partial charge in [0.25, 0.3) is 0 Å². The summed E-state index contributed by atoms with van der Waals surface area (Å²) in [6, 6.07) is 7.52. The number of hydrogen-bond acceptors (Lipinski definition) is 3. The molecule has 0 fully saturated rings. The molecule has 0 radical (unpaired) electrons. The first-order valence-electron chi connectivity index (χ1n) is 6.56. The number of carboxylic acid groups (broad SMARTS) is 1. The predicted molar refractivity (Wildman–Crippen MR) is 86.6 cm³/mol. The van der Waals surface area contributed by atoms with Gasteiger partial charge in [-0.05, 0) is 47.8 Å². The molecule has 3 nitrogen and oxygen atoms in total. The summed E-state index contributed by atoms with van der Waals surface area (Å²) in [5, 5.41) is 10.1. The second kappa shape index (κ2) is 4.89. The van der Waals surface area contributed by atoms with E-state index in [0.717, 1.165) is 15.8 Å². The molecule has 1 aromatic heterocycles. The molecule has 0 spiro atoms. The van der Waals surface area contributed by atoms with Crippen LogP contribution in [0, 0.1) is 0 Å². The third-order valence-corrected chi connectivity index (χ3v) is 9.33. The first-order valence-corrected chi connectivity index (χ1v) is 10.3. The highest BCUT2D eigenvalue weighted by Gasteiger charge is 2.38. The van der Waals surface area contributed by atoms with Crippen molar-refractivity contribution in [3.63, 3.8) is 0 Å². The van der Waals surface area contributed by atoms with Crippen molar-refractivity contribution in [1.82, 2.24) is 0 Å². The molecule has 2 rings (SSSR count). The molecule has 5 heteroatoms. The maximum atomic E-state index is 11.0. The third kappa shape index (κ3) is 2.88. The minimum atomic E-state index is -1.86. The van der Waals surface area contributed by atoms with Crippen molar-refractivity contribution in [3.8, 4) is 5.75 Å². The summed E-state index contributed by atoms with van der Waals surface area (Å²) in [7, 11) is -1.86. The fourth-order valence-electron chi connectivity index (χ4n) is 1.63. The smallest absolute Gasteiger partial charge is 0.345 e. The number of benzene rings is 1. The minimum absolute atomic E-state index is 0.142. The Kier molecular flexibility index (Phi) is 3.69. The van der Waals surface area contributed by atoms with E-state index in [9.17, 15) is 4.79 Å². The molecular formula is C15H20O3SSi. The Morgan fingerprint density at radius 2 is 1.90 bits per heavy atom. The van der Waals surface area contributed by atoms with Gasteiger partial charge in [-0.2, -0.15) is 0 Å². The summed E-state index contributed by atoms with van der Waals surface area (Å²) in [5.41, 5.74) is 0. The fraction of sp³-hybridized carbons (Fsp3) is 0.400. The molecule has 0 saturated heterocycles. The number of rotatable bonds is 3. The van der Waals surface area contributed by atoms with Gasteiger partial charge in [0.2, 0.25) is 8.32 Å². The summed E-state index contributed by atoms with van der Waals surface area (Å²) < 4.78 is 7.20. The van der Waals surface area contributed by atoms with Crippen LogP contribution in [0.4, 0.5) is 0 Å². The number of carboxylic acids is 1. The summed E-state index contributed by atoms with van der Waals surface area (Å²) in [5.74, 6) is -0.0408. The van der Waals surface area contributed by atoms with Crippen LogP contribution in [0.15, 0.2) is 24.3 Å². The van der Waals surface area contributed by atoms with Crippen LogP contribution in [0.1, 0.15) is 30.4 Å². The van der Waals surface area contributed by atoms with Gasteiger partial charge in [0.15, 0.2) is 0 Å². The zero-order valence-electron chi connectivity index (χ0n) is 12.5. The van der Waals surface area contributed by atoms with E-state index in [1.807, 2.05) is 18.2 Å². The largest absolute Gasteiger partial charge is 0.543 e. The number of carbonyl (C=O) groups is 1. The zero-order valence-corrected chi connectivity index (χ0v) is 14.3. The first kappa shape index (κ1) is 15.1. The molecule has 20 heavy (non-hydrogen) atoms. The molecule has 108 valence electrons. The number of aromatic carboxylic acids is 1. The van der Waals surface area contributed by atoms with Crippen LogP contribution < -0.4 is 4.43 Å². The molecule has 1 aromatic carbocycles. The second-order valence-electron chi connectivity index (χ2n) is 6.48. The Hall–Kier alpha value is -1.33. The molecule has 0 aliphatic rings. The normalized spacial score (nSPS) is 12.7. The highest BCUT2D eigenvalue weighted by molar-refractivity contribution is 7.20. The average Bonchev–Trinajstić information content (AvgIpc) is 2.69. The summed E-state index contributed by atoms with van der Waals surface area (Å²) >= 11 is 1.29. The first-order chi connectivity index (χ1) is 9.10. The topological polar surface area (TPSA) is 46.5 Å². The van der Waals surface area contributed by atoms with E-state index in [1.165, 1.54) is 11.3 Å². The maximum absolute atomic E-state index is 11.0. The average molecular weight is 308 g/mol. The fourth-order valence-corrected chi connectivity index (χ4v) is 3.58. The van der Waals surface area contributed by atoms with Crippen molar-refractivity contribution in [2.24, 2.45) is 0 Å². The Morgan fingerprint density at radius 3 is 2.45 bits per heavy atom. The monoisotopic (exact) mass is 308 g/mol. The van der Waals surface area contributed by atoms with E-state index >= 15 is 0 Å². The molecule has 0 amide bonds. The summed E-state index contributed by atoms with van der Waals surface area (Å²) in [4.78, 5) is 11.4. The SMILES string of the molecule is CC(C)(C)[Si](C)(C)Oc1ccc2cc(C(=O)O)sc2c1. The minimum Gasteiger partial charge on any atom is -0.543 e. The van der Waals surface area contributed by atoms with Crippen molar-refractivity contribution in [3.05, 3.63) is 29.1 Å². The van der Waals surface area contributed by atoms with Crippen LogP contribution in [0.3, 0.4) is 0 Å². The molecule has 0 bridgehead atoms. The van der Waals surface area contributed by atoms with Crippen molar-refractivity contribution >= 4 is 35.7 Å². The van der Waals surface area contributed by atoms with Gasteiger partial charge in [0.1, 0.15) is 10.6 Å². The van der Waals surface area contributed by atoms with Gasteiger partial charge in [0, 0.05) is 4.70 Å². The number of fused-ring (bicyclic) bond motifs is 1. The van der Waals surface area contributed by atoms with Crippen molar-refractivity contribution < 1.29 is 14.3 Å². The van der Waals surface area contributed by atoms with Crippen LogP contribution in [-0.4, -0.2) is 19.4 Å². The molecule has 0 aliphatic carbocycles. The van der Waals surface area contributed by atoms with E-state index in [2.05, 4.69) is 33.9 Å². The van der Waals surface area contributed by atoms with E-state index in [4.69, 9.17) is 9.53 Å². The predicted octanol–water partition coefficient (Wildman–Crippen LogP) is 4.98. The van der Waals surface area contributed by atoms with Crippen molar-refractivity contribution in [1.29, 1.82) is 0 Å². The van der Waals surface area contributed by atoms with Crippen LogP contribution in [-0.2, 0) is 0 Å². The summed E-state index contributed by atoms with van der Waals surface area (Å²) in [6.07, 6.45) is 0. The van der Waals surface area contributed by atoms with Crippen LogP contribution in [0.2, 0.25) is 18.1 Å². The molecule has 1 N–H and O–H groups in total. The van der Waals surface area contributed by atoms with Crippen molar-refractivity contribution in [2.45, 2.75) is 38.9 Å². The van der Waals surface area contributed by atoms with Crippen LogP contribution in [0.25, 0.3) is 10.1 Å². The van der Waals surface area contributed by atoms with Crippen LogP contribution in [0.5, 0.6) is 5.75 Å². The maximum Gasteiger partial charge on any atom is 0.345 e. The highest BCUT2D eigenvalue weighted by Crippen LogP contribution is 2.38. The van der Waals surface area contributed by atoms with E-state index in [0.29, 0.717) is 4.88 Å². The Balaban J connectivity index is 2.35. The van der Waals surface area contributed by atoms with Crippen LogP contribution >= 0.6 is 11.3 Å². The van der Waals surface area contributed by atoms with Gasteiger partial charge in [0.05, 0.1) is 0 Å². The van der Waals surface area contributed by atoms with Gasteiger partial charge >= 0.3 is 5.97 Å². The summed E-state index contributed by atoms with van der Waals surface area (Å²) in [6.45, 7) is 11.0. The van der Waals surface area contributed by atoms with Gasteiger partial charge in [-0.1, -0.05) is 20.8 Å². The lowest BCUT2D eigenvalue weighted by molar-refractivity contribution is 0.0702. The zero-order chi connectivity index (χ0) is 15.1. The van der Waals surface area contributed by atoms with E-state index < -0.39 is 14.3 Å². The molecule has 2 aromatic rings. The Bertz CT molecular complexity index is 653. The lowest BCUT2D eigenvalue weighted by atomic mass is 10.2. The third-order valence-electron chi connectivity index (χ3n) is 3.88. The van der Waals surface area contributed by atoms with E-state index in [1.54, 1.807) is 6.07 Å². The quantitative estimate of drug-likeness (QED) is 0.813. The molecule has 0 unspecified atom stereocenters. The lowest BCUT2D eigenvalue weighted by Crippen LogP contribution is -2.43. The molecular weight excluding hydrogens is 288 g/mol. The van der Waals surface area contributed by atoms with Gasteiger partial charge in [-0.3, -0.25) is 0 Å². The molecule has 0 atom stereocenters. The second-order valence-corrected chi connectivity index (χ2v) is 12.3.